The third-order valence-corrected chi connectivity index (χ3v) is 3.80. The molecule has 2 rings (SSSR count). The maximum atomic E-state index is 12.1. The van der Waals surface area contributed by atoms with Crippen LogP contribution >= 0.6 is 11.8 Å². The summed E-state index contributed by atoms with van der Waals surface area (Å²) in [6.45, 7) is 1.97. The predicted molar refractivity (Wildman–Crippen MR) is 85.5 cm³/mol. The molecule has 0 aliphatic carbocycles. The summed E-state index contributed by atoms with van der Waals surface area (Å²) in [4.78, 5) is 23.8. The second kappa shape index (κ2) is 6.95. The summed E-state index contributed by atoms with van der Waals surface area (Å²) in [5.41, 5.74) is 7.52. The molecule has 0 radical (unpaired) electrons. The number of thioether (sulfide) groups is 1. The van der Waals surface area contributed by atoms with Gasteiger partial charge in [-0.25, -0.2) is 0 Å². The Morgan fingerprint density at radius 3 is 2.52 bits per heavy atom. The summed E-state index contributed by atoms with van der Waals surface area (Å²) in [5, 5.41) is 2.84. The molecule has 0 aliphatic heterocycles. The summed E-state index contributed by atoms with van der Waals surface area (Å²) in [7, 11) is 0. The molecule has 4 nitrogen and oxygen atoms in total. The molecule has 0 spiro atoms. The SMILES string of the molecule is Cc1ccc(C(=O)Nc2cccc(SCC(N)=O)c2)cc1. The summed E-state index contributed by atoms with van der Waals surface area (Å²) in [5.74, 6) is -0.309. The molecule has 0 fully saturated rings. The fourth-order valence-electron chi connectivity index (χ4n) is 1.73. The Bertz CT molecular complexity index is 654. The molecule has 21 heavy (non-hydrogen) atoms. The van der Waals surface area contributed by atoms with E-state index in [1.165, 1.54) is 11.8 Å². The molecule has 0 aliphatic rings. The van der Waals surface area contributed by atoms with Gasteiger partial charge in [0, 0.05) is 16.1 Å². The molecule has 5 heteroatoms. The topological polar surface area (TPSA) is 72.2 Å². The second-order valence-electron chi connectivity index (χ2n) is 4.60. The van der Waals surface area contributed by atoms with Crippen LogP contribution in [0, 0.1) is 6.92 Å². The van der Waals surface area contributed by atoms with Gasteiger partial charge < -0.3 is 11.1 Å². The first-order chi connectivity index (χ1) is 10.0. The minimum absolute atomic E-state index is 0.160. The van der Waals surface area contributed by atoms with E-state index < -0.39 is 0 Å². The molecular weight excluding hydrogens is 284 g/mol. The van der Waals surface area contributed by atoms with E-state index in [0.29, 0.717) is 11.3 Å². The number of hydrogen-bond acceptors (Lipinski definition) is 3. The molecule has 0 saturated heterocycles. The number of nitrogens with two attached hydrogens (primary N) is 1. The Balaban J connectivity index is 2.05. The van der Waals surface area contributed by atoms with Gasteiger partial charge in [-0.3, -0.25) is 9.59 Å². The van der Waals surface area contributed by atoms with Gasteiger partial charge in [0.2, 0.25) is 5.91 Å². The fourth-order valence-corrected chi connectivity index (χ4v) is 2.42. The lowest BCUT2D eigenvalue weighted by Gasteiger charge is -2.07. The standard InChI is InChI=1S/C16H16N2O2S/c1-11-5-7-12(8-6-11)16(20)18-13-3-2-4-14(9-13)21-10-15(17)19/h2-9H,10H2,1H3,(H2,17,19)(H,18,20). The van der Waals surface area contributed by atoms with Crippen molar-refractivity contribution in [2.45, 2.75) is 11.8 Å². The zero-order valence-electron chi connectivity index (χ0n) is 11.6. The Labute approximate surface area is 127 Å². The molecule has 108 valence electrons. The van der Waals surface area contributed by atoms with Crippen molar-refractivity contribution in [1.82, 2.24) is 0 Å². The Kier molecular flexibility index (Phi) is 5.00. The maximum Gasteiger partial charge on any atom is 0.255 e. The lowest BCUT2D eigenvalue weighted by molar-refractivity contribution is -0.115. The molecule has 0 bridgehead atoms. The van der Waals surface area contributed by atoms with Crippen LogP contribution < -0.4 is 11.1 Å². The number of benzene rings is 2. The zero-order valence-corrected chi connectivity index (χ0v) is 12.4. The van der Waals surface area contributed by atoms with Gasteiger partial charge in [0.25, 0.3) is 5.91 Å². The number of hydrogen-bond donors (Lipinski definition) is 2. The monoisotopic (exact) mass is 300 g/mol. The molecule has 2 amide bonds. The van der Waals surface area contributed by atoms with Crippen molar-refractivity contribution in [2.75, 3.05) is 11.1 Å². The minimum atomic E-state index is -0.367. The molecule has 0 atom stereocenters. The van der Waals surface area contributed by atoms with Crippen LogP contribution in [0.5, 0.6) is 0 Å². The van der Waals surface area contributed by atoms with Gasteiger partial charge in [-0.05, 0) is 37.3 Å². The second-order valence-corrected chi connectivity index (χ2v) is 5.65. The molecule has 2 aromatic carbocycles. The molecule has 2 aromatic rings. The largest absolute Gasteiger partial charge is 0.369 e. The van der Waals surface area contributed by atoms with Crippen LogP contribution in [-0.4, -0.2) is 17.6 Å². The third-order valence-electron chi connectivity index (χ3n) is 2.79. The third kappa shape index (κ3) is 4.65. The van der Waals surface area contributed by atoms with Crippen molar-refractivity contribution in [3.63, 3.8) is 0 Å². The van der Waals surface area contributed by atoms with Crippen LogP contribution in [0.15, 0.2) is 53.4 Å². The van der Waals surface area contributed by atoms with Crippen molar-refractivity contribution in [2.24, 2.45) is 5.73 Å². The maximum absolute atomic E-state index is 12.1. The summed E-state index contributed by atoms with van der Waals surface area (Å²) < 4.78 is 0. The van der Waals surface area contributed by atoms with E-state index in [4.69, 9.17) is 5.73 Å². The van der Waals surface area contributed by atoms with E-state index in [-0.39, 0.29) is 17.6 Å². The lowest BCUT2D eigenvalue weighted by Crippen LogP contribution is -2.13. The number of nitrogens with one attached hydrogen (secondary N) is 1. The van der Waals surface area contributed by atoms with Crippen molar-refractivity contribution >= 4 is 29.3 Å². The zero-order chi connectivity index (χ0) is 15.2. The van der Waals surface area contributed by atoms with Crippen LogP contribution in [0.4, 0.5) is 5.69 Å². The lowest BCUT2D eigenvalue weighted by atomic mass is 10.1. The highest BCUT2D eigenvalue weighted by atomic mass is 32.2. The summed E-state index contributed by atoms with van der Waals surface area (Å²) in [6, 6.07) is 14.7. The van der Waals surface area contributed by atoms with Crippen LogP contribution in [0.2, 0.25) is 0 Å². The average molecular weight is 300 g/mol. The van der Waals surface area contributed by atoms with Crippen LogP contribution in [0.25, 0.3) is 0 Å². The Morgan fingerprint density at radius 2 is 1.86 bits per heavy atom. The molecule has 0 heterocycles. The van der Waals surface area contributed by atoms with Crippen molar-refractivity contribution in [3.05, 3.63) is 59.7 Å². The quantitative estimate of drug-likeness (QED) is 0.834. The van der Waals surface area contributed by atoms with Crippen molar-refractivity contribution in [1.29, 1.82) is 0 Å². The molecular formula is C16H16N2O2S. The van der Waals surface area contributed by atoms with Gasteiger partial charge in [-0.1, -0.05) is 23.8 Å². The number of rotatable bonds is 5. The van der Waals surface area contributed by atoms with Gasteiger partial charge in [0.1, 0.15) is 0 Å². The highest BCUT2D eigenvalue weighted by Gasteiger charge is 2.06. The first kappa shape index (κ1) is 15.1. The molecule has 3 N–H and O–H groups in total. The van der Waals surface area contributed by atoms with Crippen LogP contribution in [-0.2, 0) is 4.79 Å². The Hall–Kier alpha value is -2.27. The van der Waals surface area contributed by atoms with E-state index >= 15 is 0 Å². The predicted octanol–water partition coefficient (Wildman–Crippen LogP) is 2.82. The van der Waals surface area contributed by atoms with Gasteiger partial charge in [0.15, 0.2) is 0 Å². The number of primary amides is 1. The Morgan fingerprint density at radius 1 is 1.14 bits per heavy atom. The van der Waals surface area contributed by atoms with Crippen LogP contribution in [0.1, 0.15) is 15.9 Å². The molecule has 0 saturated carbocycles. The number of aryl methyl sites for hydroxylation is 1. The van der Waals surface area contributed by atoms with Gasteiger partial charge in [-0.15, -0.1) is 11.8 Å². The number of amides is 2. The molecule has 0 aromatic heterocycles. The van der Waals surface area contributed by atoms with E-state index in [1.807, 2.05) is 37.3 Å². The van der Waals surface area contributed by atoms with E-state index in [9.17, 15) is 9.59 Å². The normalized spacial score (nSPS) is 10.1. The summed E-state index contributed by atoms with van der Waals surface area (Å²) >= 11 is 1.34. The van der Waals surface area contributed by atoms with Gasteiger partial charge >= 0.3 is 0 Å². The van der Waals surface area contributed by atoms with E-state index in [1.54, 1.807) is 18.2 Å². The van der Waals surface area contributed by atoms with Crippen molar-refractivity contribution in [3.8, 4) is 0 Å². The minimum Gasteiger partial charge on any atom is -0.369 e. The first-order valence-electron chi connectivity index (χ1n) is 6.44. The van der Waals surface area contributed by atoms with E-state index in [0.717, 1.165) is 10.5 Å². The highest BCUT2D eigenvalue weighted by Crippen LogP contribution is 2.21. The smallest absolute Gasteiger partial charge is 0.255 e. The fraction of sp³-hybridized carbons (Fsp3) is 0.125. The van der Waals surface area contributed by atoms with Gasteiger partial charge in [-0.2, -0.15) is 0 Å². The molecule has 0 unspecified atom stereocenters. The first-order valence-corrected chi connectivity index (χ1v) is 7.42. The average Bonchev–Trinajstić information content (AvgIpc) is 2.46. The van der Waals surface area contributed by atoms with Crippen molar-refractivity contribution < 1.29 is 9.59 Å². The summed E-state index contributed by atoms with van der Waals surface area (Å²) in [6.07, 6.45) is 0. The highest BCUT2D eigenvalue weighted by molar-refractivity contribution is 8.00. The van der Waals surface area contributed by atoms with Crippen LogP contribution in [0.3, 0.4) is 0 Å². The van der Waals surface area contributed by atoms with Gasteiger partial charge in [0.05, 0.1) is 5.75 Å². The number of carbonyl (C=O) groups excluding carboxylic acids is 2. The number of anilines is 1. The number of carbonyl (C=O) groups is 2. The van der Waals surface area contributed by atoms with E-state index in [2.05, 4.69) is 5.32 Å².